The molecule has 0 saturated carbocycles. The predicted molar refractivity (Wildman–Crippen MR) is 88.3 cm³/mol. The van der Waals surface area contributed by atoms with Gasteiger partial charge in [-0.3, -0.25) is 4.79 Å². The fourth-order valence-corrected chi connectivity index (χ4v) is 2.42. The molecule has 0 unspecified atom stereocenters. The van der Waals surface area contributed by atoms with E-state index < -0.39 is 0 Å². The minimum Gasteiger partial charge on any atom is -0.322 e. The third-order valence-electron chi connectivity index (χ3n) is 2.47. The summed E-state index contributed by atoms with van der Waals surface area (Å²) in [5.41, 5.74) is 1.46. The first-order valence-corrected chi connectivity index (χ1v) is 7.29. The molecule has 0 saturated heterocycles. The van der Waals surface area contributed by atoms with Crippen LogP contribution in [-0.4, -0.2) is 5.91 Å². The Morgan fingerprint density at radius 2 is 1.95 bits per heavy atom. The lowest BCUT2D eigenvalue weighted by atomic mass is 10.2. The van der Waals surface area contributed by atoms with Crippen molar-refractivity contribution in [1.82, 2.24) is 0 Å². The first-order valence-electron chi connectivity index (χ1n) is 5.74. The van der Waals surface area contributed by atoms with Gasteiger partial charge in [0.15, 0.2) is 0 Å². The van der Waals surface area contributed by atoms with E-state index in [4.69, 9.17) is 23.2 Å². The lowest BCUT2D eigenvalue weighted by molar-refractivity contribution is -0.111. The lowest BCUT2D eigenvalue weighted by Gasteiger charge is -2.02. The summed E-state index contributed by atoms with van der Waals surface area (Å²) < 4.78 is 0.903. The zero-order valence-corrected chi connectivity index (χ0v) is 13.3. The third kappa shape index (κ3) is 4.37. The first-order chi connectivity index (χ1) is 9.54. The summed E-state index contributed by atoms with van der Waals surface area (Å²) in [5, 5.41) is 3.82. The van der Waals surface area contributed by atoms with Gasteiger partial charge in [-0.1, -0.05) is 51.3 Å². The average molecular weight is 371 g/mol. The molecule has 0 heterocycles. The van der Waals surface area contributed by atoms with Gasteiger partial charge in [-0.05, 0) is 42.0 Å². The molecule has 1 N–H and O–H groups in total. The lowest BCUT2D eigenvalue weighted by Crippen LogP contribution is -2.07. The molecule has 0 bridgehead atoms. The second-order valence-electron chi connectivity index (χ2n) is 4.00. The van der Waals surface area contributed by atoms with Crippen LogP contribution in [0.5, 0.6) is 0 Å². The fourth-order valence-electron chi connectivity index (χ4n) is 1.55. The van der Waals surface area contributed by atoms with Crippen molar-refractivity contribution in [2.45, 2.75) is 0 Å². The van der Waals surface area contributed by atoms with Gasteiger partial charge in [0.2, 0.25) is 5.91 Å². The van der Waals surface area contributed by atoms with Crippen molar-refractivity contribution in [1.29, 1.82) is 0 Å². The van der Waals surface area contributed by atoms with E-state index in [9.17, 15) is 4.79 Å². The van der Waals surface area contributed by atoms with Gasteiger partial charge in [-0.15, -0.1) is 0 Å². The molecule has 1 amide bonds. The predicted octanol–water partition coefficient (Wildman–Crippen LogP) is 5.41. The number of hydrogen-bond acceptors (Lipinski definition) is 1. The monoisotopic (exact) mass is 369 g/mol. The van der Waals surface area contributed by atoms with Crippen molar-refractivity contribution in [3.63, 3.8) is 0 Å². The van der Waals surface area contributed by atoms with E-state index in [1.165, 1.54) is 6.08 Å². The maximum absolute atomic E-state index is 11.8. The number of amides is 1. The number of nitrogens with one attached hydrogen (secondary N) is 1. The molecule has 0 radical (unpaired) electrons. The maximum Gasteiger partial charge on any atom is 0.248 e. The number of benzene rings is 2. The van der Waals surface area contributed by atoms with Gasteiger partial charge in [0.25, 0.3) is 0 Å². The van der Waals surface area contributed by atoms with E-state index in [1.54, 1.807) is 24.3 Å². The maximum atomic E-state index is 11.8. The molecule has 0 aliphatic rings. The minimum absolute atomic E-state index is 0.228. The molecule has 2 rings (SSSR count). The van der Waals surface area contributed by atoms with Crippen molar-refractivity contribution in [2.24, 2.45) is 0 Å². The number of anilines is 1. The second kappa shape index (κ2) is 6.93. The average Bonchev–Trinajstić information content (AvgIpc) is 2.37. The zero-order chi connectivity index (χ0) is 14.5. The number of rotatable bonds is 3. The van der Waals surface area contributed by atoms with Gasteiger partial charge in [0, 0.05) is 26.3 Å². The number of carbonyl (C=O) groups is 1. The van der Waals surface area contributed by atoms with Crippen LogP contribution in [0.25, 0.3) is 6.08 Å². The number of hydrogen-bond donors (Lipinski definition) is 1. The van der Waals surface area contributed by atoms with Gasteiger partial charge in [-0.2, -0.15) is 0 Å². The van der Waals surface area contributed by atoms with Crippen LogP contribution in [0.3, 0.4) is 0 Å². The molecule has 0 spiro atoms. The van der Waals surface area contributed by atoms with Gasteiger partial charge >= 0.3 is 0 Å². The van der Waals surface area contributed by atoms with Gasteiger partial charge < -0.3 is 5.32 Å². The summed E-state index contributed by atoms with van der Waals surface area (Å²) in [7, 11) is 0. The highest BCUT2D eigenvalue weighted by atomic mass is 79.9. The molecule has 0 fully saturated rings. The molecule has 2 aromatic carbocycles. The molecular weight excluding hydrogens is 361 g/mol. The SMILES string of the molecule is O=C(/C=C/c1ccc(Cl)cc1Cl)Nc1cccc(Br)c1. The molecule has 102 valence electrons. The number of halogens is 3. The fraction of sp³-hybridized carbons (Fsp3) is 0. The van der Waals surface area contributed by atoms with Crippen molar-refractivity contribution < 1.29 is 4.79 Å². The second-order valence-corrected chi connectivity index (χ2v) is 5.76. The summed E-state index contributed by atoms with van der Waals surface area (Å²) >= 11 is 15.2. The van der Waals surface area contributed by atoms with Crippen LogP contribution in [0.4, 0.5) is 5.69 Å². The Kier molecular flexibility index (Phi) is 5.24. The van der Waals surface area contributed by atoms with Crippen molar-refractivity contribution >= 4 is 56.8 Å². The standard InChI is InChI=1S/C15H10BrCl2NO/c16-11-2-1-3-13(8-11)19-15(20)7-5-10-4-6-12(17)9-14(10)18/h1-9H,(H,19,20)/b7-5+. The smallest absolute Gasteiger partial charge is 0.248 e. The summed E-state index contributed by atoms with van der Waals surface area (Å²) in [6.45, 7) is 0. The van der Waals surface area contributed by atoms with Crippen LogP contribution >= 0.6 is 39.1 Å². The molecular formula is C15H10BrCl2NO. The van der Waals surface area contributed by atoms with Crippen LogP contribution in [-0.2, 0) is 4.79 Å². The Labute approximate surface area is 135 Å². The molecule has 0 atom stereocenters. The van der Waals surface area contributed by atoms with Crippen LogP contribution in [0, 0.1) is 0 Å². The van der Waals surface area contributed by atoms with E-state index in [-0.39, 0.29) is 5.91 Å². The summed E-state index contributed by atoms with van der Waals surface area (Å²) in [5.74, 6) is -0.228. The highest BCUT2D eigenvalue weighted by molar-refractivity contribution is 9.10. The first kappa shape index (κ1) is 15.1. The molecule has 0 aromatic heterocycles. The van der Waals surface area contributed by atoms with Crippen molar-refractivity contribution in [2.75, 3.05) is 5.32 Å². The Balaban J connectivity index is 2.06. The molecule has 20 heavy (non-hydrogen) atoms. The summed E-state index contributed by atoms with van der Waals surface area (Å²) in [4.78, 5) is 11.8. The van der Waals surface area contributed by atoms with Crippen LogP contribution in [0.2, 0.25) is 10.0 Å². The zero-order valence-electron chi connectivity index (χ0n) is 10.2. The largest absolute Gasteiger partial charge is 0.322 e. The van der Waals surface area contributed by atoms with E-state index in [0.29, 0.717) is 10.0 Å². The van der Waals surface area contributed by atoms with Crippen LogP contribution < -0.4 is 5.32 Å². The van der Waals surface area contributed by atoms with Crippen molar-refractivity contribution in [3.05, 3.63) is 68.6 Å². The molecule has 2 aromatic rings. The van der Waals surface area contributed by atoms with Gasteiger partial charge in [0.05, 0.1) is 0 Å². The van der Waals surface area contributed by atoms with E-state index in [0.717, 1.165) is 15.7 Å². The quantitative estimate of drug-likeness (QED) is 0.719. The molecule has 0 aliphatic carbocycles. The highest BCUT2D eigenvalue weighted by Gasteiger charge is 2.01. The summed E-state index contributed by atoms with van der Waals surface area (Å²) in [6.07, 6.45) is 3.07. The Morgan fingerprint density at radius 3 is 2.65 bits per heavy atom. The molecule has 0 aliphatic heterocycles. The summed E-state index contributed by atoms with van der Waals surface area (Å²) in [6, 6.07) is 12.5. The topological polar surface area (TPSA) is 29.1 Å². The number of carbonyl (C=O) groups excluding carboxylic acids is 1. The van der Waals surface area contributed by atoms with Gasteiger partial charge in [0.1, 0.15) is 0 Å². The highest BCUT2D eigenvalue weighted by Crippen LogP contribution is 2.22. The molecule has 5 heteroatoms. The van der Waals surface area contributed by atoms with Gasteiger partial charge in [-0.25, -0.2) is 0 Å². The molecule has 2 nitrogen and oxygen atoms in total. The van der Waals surface area contributed by atoms with Crippen LogP contribution in [0.15, 0.2) is 53.0 Å². The minimum atomic E-state index is -0.228. The van der Waals surface area contributed by atoms with Crippen LogP contribution in [0.1, 0.15) is 5.56 Å². The van der Waals surface area contributed by atoms with E-state index in [1.807, 2.05) is 24.3 Å². The van der Waals surface area contributed by atoms with E-state index in [2.05, 4.69) is 21.2 Å². The Morgan fingerprint density at radius 1 is 1.15 bits per heavy atom. The van der Waals surface area contributed by atoms with Crippen molar-refractivity contribution in [3.8, 4) is 0 Å². The Bertz CT molecular complexity index is 671. The Hall–Kier alpha value is -1.29. The van der Waals surface area contributed by atoms with E-state index >= 15 is 0 Å². The normalized spacial score (nSPS) is 10.8. The third-order valence-corrected chi connectivity index (χ3v) is 3.52.